The van der Waals surface area contributed by atoms with E-state index in [4.69, 9.17) is 4.42 Å². The fraction of sp³-hybridized carbons (Fsp3) is 0.167. The number of benzene rings is 2. The van der Waals surface area contributed by atoms with Crippen molar-refractivity contribution in [3.63, 3.8) is 0 Å². The molecule has 8 heteroatoms. The van der Waals surface area contributed by atoms with Crippen molar-refractivity contribution in [2.45, 2.75) is 19.1 Å². The third kappa shape index (κ3) is 4.15. The summed E-state index contributed by atoms with van der Waals surface area (Å²) in [5, 5.41) is 5.22. The highest BCUT2D eigenvalue weighted by Crippen LogP contribution is 2.27. The quantitative estimate of drug-likeness (QED) is 0.648. The van der Waals surface area contributed by atoms with Gasteiger partial charge in [-0.25, -0.2) is 4.99 Å². The molecule has 0 fully saturated rings. The maximum atomic E-state index is 13.2. The van der Waals surface area contributed by atoms with Gasteiger partial charge in [-0.15, -0.1) is 0 Å². The summed E-state index contributed by atoms with van der Waals surface area (Å²) in [5.74, 6) is -1.36. The lowest BCUT2D eigenvalue weighted by atomic mass is 10.0. The number of amides is 3. The largest absolute Gasteiger partial charge is 0.459 e. The summed E-state index contributed by atoms with van der Waals surface area (Å²) in [4.78, 5) is 44.2. The van der Waals surface area contributed by atoms with Gasteiger partial charge in [0.05, 0.1) is 17.7 Å². The number of carbonyl (C=O) groups excluding carboxylic acids is 3. The third-order valence-corrected chi connectivity index (χ3v) is 5.16. The van der Waals surface area contributed by atoms with E-state index in [1.807, 2.05) is 54.6 Å². The molecule has 1 aliphatic heterocycles. The van der Waals surface area contributed by atoms with Gasteiger partial charge in [0, 0.05) is 18.2 Å². The van der Waals surface area contributed by atoms with E-state index in [9.17, 15) is 14.4 Å². The van der Waals surface area contributed by atoms with Crippen LogP contribution in [0.2, 0.25) is 0 Å². The zero-order valence-electron chi connectivity index (χ0n) is 17.6. The number of para-hydroxylation sites is 1. The smallest absolute Gasteiger partial charge is 0.287 e. The molecule has 2 N–H and O–H groups in total. The summed E-state index contributed by atoms with van der Waals surface area (Å²) < 4.78 is 5.05. The lowest BCUT2D eigenvalue weighted by Crippen LogP contribution is -2.52. The number of aliphatic imine (C=N–C) groups is 1. The van der Waals surface area contributed by atoms with Gasteiger partial charge in [0.2, 0.25) is 12.1 Å². The SMILES string of the molecule is C[C@H](NC(=O)c1ccco1)C(=O)N[C@H]1N=C(c2ccccc2)c2ccccc2N(C)C1=O. The fourth-order valence-corrected chi connectivity index (χ4v) is 3.44. The first-order chi connectivity index (χ1) is 15.5. The van der Waals surface area contributed by atoms with Gasteiger partial charge in [-0.2, -0.15) is 0 Å². The van der Waals surface area contributed by atoms with Crippen molar-refractivity contribution < 1.29 is 18.8 Å². The number of furan rings is 1. The van der Waals surface area contributed by atoms with Gasteiger partial charge in [0.1, 0.15) is 6.04 Å². The standard InChI is InChI=1S/C24H22N4O4/c1-15(25-23(30)19-13-8-14-32-19)22(29)27-21-24(31)28(2)18-12-7-6-11-17(18)20(26-21)16-9-4-3-5-10-16/h3-15,21H,1-2H3,(H,25,30)(H,27,29)/t15-,21+/m0/s1. The molecule has 0 saturated carbocycles. The van der Waals surface area contributed by atoms with Crippen LogP contribution in [0.4, 0.5) is 5.69 Å². The molecule has 3 aromatic rings. The van der Waals surface area contributed by atoms with Crippen molar-refractivity contribution in [3.8, 4) is 0 Å². The Balaban J connectivity index is 1.62. The van der Waals surface area contributed by atoms with Crippen LogP contribution in [0.1, 0.15) is 28.6 Å². The lowest BCUT2D eigenvalue weighted by Gasteiger charge is -2.22. The van der Waals surface area contributed by atoms with Gasteiger partial charge < -0.3 is 20.0 Å². The van der Waals surface area contributed by atoms with Gasteiger partial charge in [-0.05, 0) is 25.1 Å². The van der Waals surface area contributed by atoms with E-state index in [0.29, 0.717) is 11.4 Å². The molecule has 0 radical (unpaired) electrons. The molecular weight excluding hydrogens is 408 g/mol. The Labute approximate surface area is 184 Å². The Morgan fingerprint density at radius 3 is 2.47 bits per heavy atom. The maximum absolute atomic E-state index is 13.2. The molecule has 0 bridgehead atoms. The van der Waals surface area contributed by atoms with E-state index >= 15 is 0 Å². The molecule has 2 heterocycles. The van der Waals surface area contributed by atoms with E-state index in [2.05, 4.69) is 15.6 Å². The predicted molar refractivity (Wildman–Crippen MR) is 119 cm³/mol. The predicted octanol–water partition coefficient (Wildman–Crippen LogP) is 2.35. The van der Waals surface area contributed by atoms with Crippen molar-refractivity contribution in [2.24, 2.45) is 4.99 Å². The van der Waals surface area contributed by atoms with Crippen LogP contribution in [0.3, 0.4) is 0 Å². The van der Waals surface area contributed by atoms with Gasteiger partial charge in [-0.1, -0.05) is 48.5 Å². The molecule has 1 aromatic heterocycles. The van der Waals surface area contributed by atoms with E-state index in [-0.39, 0.29) is 11.7 Å². The molecule has 8 nitrogen and oxygen atoms in total. The molecular formula is C24H22N4O4. The van der Waals surface area contributed by atoms with E-state index in [0.717, 1.165) is 11.1 Å². The van der Waals surface area contributed by atoms with Gasteiger partial charge in [0.15, 0.2) is 5.76 Å². The Morgan fingerprint density at radius 2 is 1.75 bits per heavy atom. The molecule has 2 aromatic carbocycles. The second-order valence-electron chi connectivity index (χ2n) is 7.34. The first kappa shape index (κ1) is 21.0. The van der Waals surface area contributed by atoms with Crippen LogP contribution in [-0.2, 0) is 9.59 Å². The number of anilines is 1. The summed E-state index contributed by atoms with van der Waals surface area (Å²) in [6.07, 6.45) is 0.218. The molecule has 1 aliphatic rings. The Kier molecular flexibility index (Phi) is 5.85. The van der Waals surface area contributed by atoms with Gasteiger partial charge >= 0.3 is 0 Å². The molecule has 162 valence electrons. The number of nitrogens with one attached hydrogen (secondary N) is 2. The third-order valence-electron chi connectivity index (χ3n) is 5.16. The number of nitrogens with zero attached hydrogens (tertiary/aromatic N) is 2. The number of fused-ring (bicyclic) bond motifs is 1. The summed E-state index contributed by atoms with van der Waals surface area (Å²) >= 11 is 0. The molecule has 32 heavy (non-hydrogen) atoms. The van der Waals surface area contributed by atoms with Crippen LogP contribution < -0.4 is 15.5 Å². The van der Waals surface area contributed by atoms with Crippen molar-refractivity contribution in [1.29, 1.82) is 0 Å². The second-order valence-corrected chi connectivity index (χ2v) is 7.34. The number of benzodiazepines with no additional fused rings is 1. The van der Waals surface area contributed by atoms with Crippen molar-refractivity contribution in [3.05, 3.63) is 89.9 Å². The molecule has 0 aliphatic carbocycles. The molecule has 3 amide bonds. The Morgan fingerprint density at radius 1 is 1.03 bits per heavy atom. The topological polar surface area (TPSA) is 104 Å². The molecule has 4 rings (SSSR count). The summed E-state index contributed by atoms with van der Waals surface area (Å²) in [5.41, 5.74) is 2.89. The lowest BCUT2D eigenvalue weighted by molar-refractivity contribution is -0.128. The minimum atomic E-state index is -1.15. The fourth-order valence-electron chi connectivity index (χ4n) is 3.44. The monoisotopic (exact) mass is 430 g/mol. The van der Waals surface area contributed by atoms with Gasteiger partial charge in [0.25, 0.3) is 11.8 Å². The van der Waals surface area contributed by atoms with Crippen molar-refractivity contribution in [1.82, 2.24) is 10.6 Å². The van der Waals surface area contributed by atoms with Crippen LogP contribution in [0, 0.1) is 0 Å². The zero-order valence-corrected chi connectivity index (χ0v) is 17.6. The average molecular weight is 430 g/mol. The van der Waals surface area contributed by atoms with Gasteiger partial charge in [-0.3, -0.25) is 14.4 Å². The minimum absolute atomic E-state index is 0.0924. The van der Waals surface area contributed by atoms with Crippen molar-refractivity contribution >= 4 is 29.1 Å². The summed E-state index contributed by atoms with van der Waals surface area (Å²) in [6, 6.07) is 19.1. The molecule has 2 atom stereocenters. The first-order valence-corrected chi connectivity index (χ1v) is 10.1. The summed E-state index contributed by atoms with van der Waals surface area (Å²) in [7, 11) is 1.64. The Bertz CT molecular complexity index is 1170. The Hall–Kier alpha value is -4.20. The molecule has 0 spiro atoms. The summed E-state index contributed by atoms with van der Waals surface area (Å²) in [6.45, 7) is 1.53. The van der Waals surface area contributed by atoms with E-state index in [1.54, 1.807) is 13.1 Å². The normalized spacial score (nSPS) is 16.4. The van der Waals surface area contributed by atoms with Crippen LogP contribution in [-0.4, -0.2) is 42.7 Å². The first-order valence-electron chi connectivity index (χ1n) is 10.1. The maximum Gasteiger partial charge on any atom is 0.287 e. The van der Waals surface area contributed by atoms with Crippen LogP contribution in [0.5, 0.6) is 0 Å². The highest BCUT2D eigenvalue weighted by Gasteiger charge is 2.32. The van der Waals surface area contributed by atoms with E-state index < -0.39 is 24.0 Å². The highest BCUT2D eigenvalue weighted by atomic mass is 16.3. The number of rotatable bonds is 5. The number of likely N-dealkylation sites (N-methyl/N-ethyl adjacent to an activating group) is 1. The number of carbonyl (C=O) groups is 3. The van der Waals surface area contributed by atoms with Crippen LogP contribution in [0.15, 0.2) is 82.4 Å². The average Bonchev–Trinajstić information content (AvgIpc) is 3.33. The zero-order chi connectivity index (χ0) is 22.7. The van der Waals surface area contributed by atoms with Crippen LogP contribution in [0.25, 0.3) is 0 Å². The second kappa shape index (κ2) is 8.89. The highest BCUT2D eigenvalue weighted by molar-refractivity contribution is 6.20. The number of hydrogen-bond donors (Lipinski definition) is 2. The van der Waals surface area contributed by atoms with E-state index in [1.165, 1.54) is 24.2 Å². The number of hydrogen-bond acceptors (Lipinski definition) is 5. The minimum Gasteiger partial charge on any atom is -0.459 e. The molecule has 0 saturated heterocycles. The van der Waals surface area contributed by atoms with Crippen molar-refractivity contribution in [2.75, 3.05) is 11.9 Å². The molecule has 0 unspecified atom stereocenters. The van der Waals surface area contributed by atoms with Crippen LogP contribution >= 0.6 is 0 Å².